The van der Waals surface area contributed by atoms with Crippen molar-refractivity contribution in [1.29, 1.82) is 0 Å². The van der Waals surface area contributed by atoms with Crippen LogP contribution < -0.4 is 10.1 Å². The summed E-state index contributed by atoms with van der Waals surface area (Å²) in [5.41, 5.74) is 1.15. The third-order valence-corrected chi connectivity index (χ3v) is 4.26. The van der Waals surface area contributed by atoms with Crippen LogP contribution in [-0.2, 0) is 15.0 Å². The molecule has 1 aliphatic heterocycles. The monoisotopic (exact) mass is 347 g/mol. The zero-order valence-corrected chi connectivity index (χ0v) is 15.2. The van der Waals surface area contributed by atoms with E-state index in [9.17, 15) is 9.59 Å². The Hall–Kier alpha value is -2.08. The Morgan fingerprint density at radius 1 is 1.24 bits per heavy atom. The lowest BCUT2D eigenvalue weighted by molar-refractivity contribution is -0.147. The smallest absolute Gasteiger partial charge is 0.330 e. The molecule has 2 rings (SSSR count). The van der Waals surface area contributed by atoms with Crippen molar-refractivity contribution in [2.75, 3.05) is 26.2 Å². The van der Waals surface area contributed by atoms with E-state index in [4.69, 9.17) is 9.84 Å². The van der Waals surface area contributed by atoms with E-state index in [0.29, 0.717) is 25.9 Å². The number of hydrogen-bond donors (Lipinski definition) is 1. The number of nitrogens with zero attached hydrogens (tertiary/aromatic N) is 2. The number of ether oxygens (including phenoxy) is 1. The predicted octanol–water partition coefficient (Wildman–Crippen LogP) is 1.48. The molecule has 0 atom stereocenters. The molecule has 1 N–H and O–H groups in total. The van der Waals surface area contributed by atoms with Gasteiger partial charge in [0, 0.05) is 25.9 Å². The standard InChI is InChI=1S/C19H27N2O4/c1-19(2,3)15-6-4-5-7-16(15)25-14-8-11-21(12-9-14)18(24)17(23)20-10-13-22/h4-7,14,22H,8-13H2,1-3H3. The molecule has 6 nitrogen and oxygen atoms in total. The van der Waals surface area contributed by atoms with Crippen molar-refractivity contribution in [1.82, 2.24) is 10.2 Å². The first-order valence-corrected chi connectivity index (χ1v) is 8.70. The van der Waals surface area contributed by atoms with E-state index in [-0.39, 0.29) is 24.7 Å². The van der Waals surface area contributed by atoms with Crippen molar-refractivity contribution in [2.24, 2.45) is 0 Å². The highest BCUT2D eigenvalue weighted by molar-refractivity contribution is 6.34. The predicted molar refractivity (Wildman–Crippen MR) is 94.5 cm³/mol. The maximum absolute atomic E-state index is 12.0. The fourth-order valence-electron chi connectivity index (χ4n) is 2.90. The lowest BCUT2D eigenvalue weighted by Crippen LogP contribution is -2.46. The van der Waals surface area contributed by atoms with E-state index in [2.05, 4.69) is 32.2 Å². The summed E-state index contributed by atoms with van der Waals surface area (Å²) in [7, 11) is 0. The van der Waals surface area contributed by atoms with Crippen LogP contribution in [0.2, 0.25) is 0 Å². The first-order chi connectivity index (χ1) is 11.8. The average molecular weight is 347 g/mol. The highest BCUT2D eigenvalue weighted by atomic mass is 16.5. The van der Waals surface area contributed by atoms with Crippen LogP contribution in [0.15, 0.2) is 24.3 Å². The van der Waals surface area contributed by atoms with Crippen molar-refractivity contribution in [3.05, 3.63) is 29.8 Å². The summed E-state index contributed by atoms with van der Waals surface area (Å²) in [5.74, 6) is -0.498. The lowest BCUT2D eigenvalue weighted by atomic mass is 9.86. The van der Waals surface area contributed by atoms with Crippen molar-refractivity contribution < 1.29 is 19.4 Å². The molecule has 0 aromatic heterocycles. The number of benzene rings is 1. The van der Waals surface area contributed by atoms with Crippen LogP contribution in [0.1, 0.15) is 39.2 Å². The Kier molecular flexibility index (Phi) is 6.42. The minimum Gasteiger partial charge on any atom is -0.490 e. The maximum Gasteiger partial charge on any atom is 0.330 e. The molecule has 1 aliphatic rings. The molecule has 1 fully saturated rings. The Balaban J connectivity index is 1.91. The summed E-state index contributed by atoms with van der Waals surface area (Å²) < 4.78 is 6.19. The number of hydrogen-bond acceptors (Lipinski definition) is 4. The van der Waals surface area contributed by atoms with E-state index in [1.54, 1.807) is 0 Å². The van der Waals surface area contributed by atoms with Gasteiger partial charge in [-0.2, -0.15) is 0 Å². The Bertz CT molecular complexity index is 602. The number of likely N-dealkylation sites (tertiary alicyclic amines) is 1. The molecule has 1 aromatic carbocycles. The number of para-hydroxylation sites is 1. The molecule has 0 aliphatic carbocycles. The second-order valence-corrected chi connectivity index (χ2v) is 7.27. The second kappa shape index (κ2) is 8.34. The topological polar surface area (TPSA) is 80.9 Å². The molecule has 0 saturated carbocycles. The summed E-state index contributed by atoms with van der Waals surface area (Å²) >= 11 is 0. The molecular formula is C19H27N2O4. The molecule has 1 aromatic rings. The van der Waals surface area contributed by atoms with Gasteiger partial charge in [0.2, 0.25) is 0 Å². The van der Waals surface area contributed by atoms with Crippen LogP contribution in [0.3, 0.4) is 0 Å². The zero-order chi connectivity index (χ0) is 18.4. The van der Waals surface area contributed by atoms with Gasteiger partial charge in [0.1, 0.15) is 11.9 Å². The number of amides is 2. The van der Waals surface area contributed by atoms with Crippen molar-refractivity contribution in [3.63, 3.8) is 0 Å². The fraction of sp³-hybridized carbons (Fsp3) is 0.579. The second-order valence-electron chi connectivity index (χ2n) is 7.27. The number of carbonyl (C=O) groups is 2. The minimum absolute atomic E-state index is 0.00606. The SMILES string of the molecule is CC(C)(C)c1ccccc1OC1CCN(C(=O)C(=O)[N]CCO)CC1. The molecule has 6 heteroatoms. The van der Waals surface area contributed by atoms with Crippen molar-refractivity contribution in [3.8, 4) is 5.75 Å². The first-order valence-electron chi connectivity index (χ1n) is 8.70. The number of rotatable bonds is 4. The third-order valence-electron chi connectivity index (χ3n) is 4.26. The van der Waals surface area contributed by atoms with Crippen LogP contribution in [0, 0.1) is 0 Å². The Labute approximate surface area is 149 Å². The van der Waals surface area contributed by atoms with Gasteiger partial charge >= 0.3 is 11.8 Å². The van der Waals surface area contributed by atoms with Gasteiger partial charge in [-0.05, 0) is 17.0 Å². The van der Waals surface area contributed by atoms with Crippen LogP contribution in [0.4, 0.5) is 0 Å². The summed E-state index contributed by atoms with van der Waals surface area (Å²) in [5, 5.41) is 12.2. The number of piperidine rings is 1. The van der Waals surface area contributed by atoms with Crippen LogP contribution in [0.25, 0.3) is 0 Å². The summed E-state index contributed by atoms with van der Waals surface area (Å²) in [6.07, 6.45) is 1.38. The van der Waals surface area contributed by atoms with Crippen LogP contribution >= 0.6 is 0 Å². The third kappa shape index (κ3) is 5.19. The summed E-state index contributed by atoms with van der Waals surface area (Å²) in [6, 6.07) is 8.03. The van der Waals surface area contributed by atoms with Crippen molar-refractivity contribution in [2.45, 2.75) is 45.1 Å². The van der Waals surface area contributed by atoms with Gasteiger partial charge < -0.3 is 14.7 Å². The molecular weight excluding hydrogens is 320 g/mol. The van der Waals surface area contributed by atoms with Gasteiger partial charge in [-0.1, -0.05) is 39.0 Å². The van der Waals surface area contributed by atoms with Gasteiger partial charge in [-0.25, -0.2) is 5.32 Å². The molecule has 0 spiro atoms. The Morgan fingerprint density at radius 2 is 1.88 bits per heavy atom. The molecule has 0 unspecified atom stereocenters. The van der Waals surface area contributed by atoms with E-state index >= 15 is 0 Å². The van der Waals surface area contributed by atoms with Crippen LogP contribution in [0.5, 0.6) is 5.75 Å². The van der Waals surface area contributed by atoms with Gasteiger partial charge in [0.25, 0.3) is 0 Å². The molecule has 1 saturated heterocycles. The summed E-state index contributed by atoms with van der Waals surface area (Å²) in [6.45, 7) is 7.13. The molecule has 2 amide bonds. The highest BCUT2D eigenvalue weighted by Crippen LogP contribution is 2.32. The highest BCUT2D eigenvalue weighted by Gasteiger charge is 2.29. The average Bonchev–Trinajstić information content (AvgIpc) is 2.59. The van der Waals surface area contributed by atoms with E-state index < -0.39 is 11.8 Å². The normalized spacial score (nSPS) is 15.8. The fourth-order valence-corrected chi connectivity index (χ4v) is 2.90. The molecule has 137 valence electrons. The van der Waals surface area contributed by atoms with Gasteiger partial charge in [-0.3, -0.25) is 9.59 Å². The minimum atomic E-state index is -0.786. The molecule has 0 bridgehead atoms. The number of aliphatic hydroxyl groups excluding tert-OH is 1. The molecule has 25 heavy (non-hydrogen) atoms. The quantitative estimate of drug-likeness (QED) is 0.837. The largest absolute Gasteiger partial charge is 0.490 e. The van der Waals surface area contributed by atoms with E-state index in [1.165, 1.54) is 4.90 Å². The Morgan fingerprint density at radius 3 is 2.48 bits per heavy atom. The van der Waals surface area contributed by atoms with E-state index in [1.807, 2.05) is 18.2 Å². The van der Waals surface area contributed by atoms with Gasteiger partial charge in [0.05, 0.1) is 13.2 Å². The molecule has 1 radical (unpaired) electrons. The van der Waals surface area contributed by atoms with Gasteiger partial charge in [-0.15, -0.1) is 0 Å². The first kappa shape index (κ1) is 19.2. The van der Waals surface area contributed by atoms with E-state index in [0.717, 1.165) is 11.3 Å². The number of aliphatic hydroxyl groups is 1. The summed E-state index contributed by atoms with van der Waals surface area (Å²) in [4.78, 5) is 25.2. The van der Waals surface area contributed by atoms with Gasteiger partial charge in [0.15, 0.2) is 0 Å². The zero-order valence-electron chi connectivity index (χ0n) is 15.2. The maximum atomic E-state index is 12.0. The van der Waals surface area contributed by atoms with Crippen LogP contribution in [-0.4, -0.2) is 54.2 Å². The number of carbonyl (C=O) groups excluding carboxylic acids is 2. The lowest BCUT2D eigenvalue weighted by Gasteiger charge is -2.33. The molecule has 1 heterocycles. The van der Waals surface area contributed by atoms with Crippen molar-refractivity contribution >= 4 is 11.8 Å².